The Balaban J connectivity index is 2.26. The number of aromatic nitrogens is 2. The number of rotatable bonds is 5. The molecule has 1 heterocycles. The predicted molar refractivity (Wildman–Crippen MR) is 73.9 cm³/mol. The molecule has 2 aromatic rings. The Morgan fingerprint density at radius 1 is 1.63 bits per heavy atom. The number of terminal acetylenes is 1. The summed E-state index contributed by atoms with van der Waals surface area (Å²) in [6.45, 7) is 2.05. The first-order valence-corrected chi connectivity index (χ1v) is 6.01. The second-order valence-electron chi connectivity index (χ2n) is 4.20. The van der Waals surface area contributed by atoms with Crippen LogP contribution in [0.3, 0.4) is 0 Å². The minimum absolute atomic E-state index is 0.0322. The SMILES string of the molecule is C#CC(CCC)Nc1nc2ccc([N+](=O)[O-])cc2[nH]1. The summed E-state index contributed by atoms with van der Waals surface area (Å²) in [5, 5.41) is 13.8. The molecule has 0 bridgehead atoms. The number of nitro benzene ring substituents is 1. The van der Waals surface area contributed by atoms with E-state index in [0.29, 0.717) is 17.0 Å². The van der Waals surface area contributed by atoms with Gasteiger partial charge in [0, 0.05) is 12.1 Å². The fourth-order valence-electron chi connectivity index (χ4n) is 1.83. The van der Waals surface area contributed by atoms with Gasteiger partial charge < -0.3 is 10.3 Å². The lowest BCUT2D eigenvalue weighted by Gasteiger charge is -2.09. The van der Waals surface area contributed by atoms with E-state index in [1.807, 2.05) is 6.92 Å². The van der Waals surface area contributed by atoms with Crippen molar-refractivity contribution < 1.29 is 4.92 Å². The van der Waals surface area contributed by atoms with Crippen molar-refractivity contribution in [2.24, 2.45) is 0 Å². The lowest BCUT2D eigenvalue weighted by atomic mass is 10.2. The quantitative estimate of drug-likeness (QED) is 0.490. The van der Waals surface area contributed by atoms with E-state index >= 15 is 0 Å². The molecule has 1 aromatic heterocycles. The van der Waals surface area contributed by atoms with Gasteiger partial charge in [0.25, 0.3) is 5.69 Å². The van der Waals surface area contributed by atoms with E-state index in [4.69, 9.17) is 6.42 Å². The fourth-order valence-corrected chi connectivity index (χ4v) is 1.83. The maximum Gasteiger partial charge on any atom is 0.271 e. The molecule has 19 heavy (non-hydrogen) atoms. The first kappa shape index (κ1) is 12.9. The number of nitrogens with one attached hydrogen (secondary N) is 2. The molecule has 2 N–H and O–H groups in total. The summed E-state index contributed by atoms with van der Waals surface area (Å²) in [5.74, 6) is 3.18. The van der Waals surface area contributed by atoms with Gasteiger partial charge in [0.1, 0.15) is 0 Å². The number of aromatic amines is 1. The molecule has 0 radical (unpaired) electrons. The Labute approximate surface area is 110 Å². The standard InChI is InChI=1S/C13H14N4O2/c1-3-5-9(4-2)14-13-15-11-7-6-10(17(18)19)8-12(11)16-13/h2,6-9H,3,5H2,1H3,(H2,14,15,16). The van der Waals surface area contributed by atoms with Crippen LogP contribution in [0, 0.1) is 22.5 Å². The van der Waals surface area contributed by atoms with Crippen LogP contribution >= 0.6 is 0 Å². The maximum absolute atomic E-state index is 10.7. The third kappa shape index (κ3) is 2.83. The summed E-state index contributed by atoms with van der Waals surface area (Å²) in [4.78, 5) is 17.5. The summed E-state index contributed by atoms with van der Waals surface area (Å²) >= 11 is 0. The molecule has 6 nitrogen and oxygen atoms in total. The van der Waals surface area contributed by atoms with Gasteiger partial charge in [-0.25, -0.2) is 4.98 Å². The number of anilines is 1. The molecule has 0 aliphatic carbocycles. The highest BCUT2D eigenvalue weighted by atomic mass is 16.6. The van der Waals surface area contributed by atoms with E-state index < -0.39 is 4.92 Å². The molecule has 0 aliphatic rings. The monoisotopic (exact) mass is 258 g/mol. The van der Waals surface area contributed by atoms with Crippen molar-refractivity contribution in [3.05, 3.63) is 28.3 Å². The first-order valence-electron chi connectivity index (χ1n) is 6.01. The number of imidazole rings is 1. The number of benzene rings is 1. The Kier molecular flexibility index (Phi) is 3.66. The van der Waals surface area contributed by atoms with Crippen molar-refractivity contribution in [3.63, 3.8) is 0 Å². The lowest BCUT2D eigenvalue weighted by molar-refractivity contribution is -0.384. The average Bonchev–Trinajstić information content (AvgIpc) is 2.79. The molecular weight excluding hydrogens is 244 g/mol. The molecule has 98 valence electrons. The van der Waals surface area contributed by atoms with Crippen molar-refractivity contribution >= 4 is 22.7 Å². The van der Waals surface area contributed by atoms with Crippen molar-refractivity contribution in [3.8, 4) is 12.3 Å². The highest BCUT2D eigenvalue weighted by Crippen LogP contribution is 2.20. The summed E-state index contributed by atoms with van der Waals surface area (Å²) in [6.07, 6.45) is 7.23. The van der Waals surface area contributed by atoms with Crippen LogP contribution in [0.5, 0.6) is 0 Å². The number of hydrogen-bond donors (Lipinski definition) is 2. The van der Waals surface area contributed by atoms with Crippen LogP contribution in [0.2, 0.25) is 0 Å². The molecule has 0 fully saturated rings. The van der Waals surface area contributed by atoms with Crippen LogP contribution in [-0.2, 0) is 0 Å². The Morgan fingerprint density at radius 2 is 2.42 bits per heavy atom. The van der Waals surface area contributed by atoms with E-state index in [2.05, 4.69) is 21.2 Å². The highest BCUT2D eigenvalue weighted by Gasteiger charge is 2.11. The van der Waals surface area contributed by atoms with E-state index in [0.717, 1.165) is 12.8 Å². The molecule has 1 atom stereocenters. The third-order valence-corrected chi connectivity index (χ3v) is 2.77. The maximum atomic E-state index is 10.7. The van der Waals surface area contributed by atoms with Gasteiger partial charge in [-0.3, -0.25) is 10.1 Å². The average molecular weight is 258 g/mol. The molecular formula is C13H14N4O2. The zero-order valence-electron chi connectivity index (χ0n) is 10.5. The number of non-ortho nitro benzene ring substituents is 1. The number of H-pyrrole nitrogens is 1. The fraction of sp³-hybridized carbons (Fsp3) is 0.308. The molecule has 0 saturated heterocycles. The topological polar surface area (TPSA) is 83.8 Å². The van der Waals surface area contributed by atoms with Crippen LogP contribution in [0.15, 0.2) is 18.2 Å². The summed E-state index contributed by atoms with van der Waals surface area (Å²) in [5.41, 5.74) is 1.31. The van der Waals surface area contributed by atoms with Crippen LogP contribution in [0.25, 0.3) is 11.0 Å². The zero-order chi connectivity index (χ0) is 13.8. The van der Waals surface area contributed by atoms with Crippen molar-refractivity contribution in [1.82, 2.24) is 9.97 Å². The van der Waals surface area contributed by atoms with E-state index in [-0.39, 0.29) is 11.7 Å². The molecule has 0 amide bonds. The molecule has 0 aliphatic heterocycles. The molecule has 6 heteroatoms. The van der Waals surface area contributed by atoms with Gasteiger partial charge in [-0.15, -0.1) is 6.42 Å². The lowest BCUT2D eigenvalue weighted by Crippen LogP contribution is -2.17. The van der Waals surface area contributed by atoms with Gasteiger partial charge in [0.05, 0.1) is 22.0 Å². The molecule has 0 saturated carbocycles. The highest BCUT2D eigenvalue weighted by molar-refractivity contribution is 5.79. The zero-order valence-corrected chi connectivity index (χ0v) is 10.5. The third-order valence-electron chi connectivity index (χ3n) is 2.77. The molecule has 1 unspecified atom stereocenters. The van der Waals surface area contributed by atoms with Gasteiger partial charge in [-0.1, -0.05) is 19.3 Å². The number of fused-ring (bicyclic) bond motifs is 1. The van der Waals surface area contributed by atoms with Crippen LogP contribution in [0.4, 0.5) is 11.6 Å². The van der Waals surface area contributed by atoms with Gasteiger partial charge >= 0.3 is 0 Å². The van der Waals surface area contributed by atoms with E-state index in [1.165, 1.54) is 12.1 Å². The predicted octanol–water partition coefficient (Wildman–Crippen LogP) is 2.68. The summed E-state index contributed by atoms with van der Waals surface area (Å²) in [7, 11) is 0. The normalized spacial score (nSPS) is 12.0. The van der Waals surface area contributed by atoms with Gasteiger partial charge in [0.2, 0.25) is 5.95 Å². The largest absolute Gasteiger partial charge is 0.342 e. The number of nitrogens with zero attached hydrogens (tertiary/aromatic N) is 2. The van der Waals surface area contributed by atoms with Gasteiger partial charge in [-0.05, 0) is 12.5 Å². The second kappa shape index (κ2) is 5.40. The molecule has 0 spiro atoms. The van der Waals surface area contributed by atoms with Crippen molar-refractivity contribution in [1.29, 1.82) is 0 Å². The first-order chi connectivity index (χ1) is 9.13. The minimum Gasteiger partial charge on any atom is -0.342 e. The van der Waals surface area contributed by atoms with Gasteiger partial charge in [-0.2, -0.15) is 0 Å². The second-order valence-corrected chi connectivity index (χ2v) is 4.20. The van der Waals surface area contributed by atoms with E-state index in [9.17, 15) is 10.1 Å². The smallest absolute Gasteiger partial charge is 0.271 e. The molecule has 2 rings (SSSR count). The van der Waals surface area contributed by atoms with Crippen LogP contribution in [0.1, 0.15) is 19.8 Å². The Hall–Kier alpha value is -2.55. The summed E-state index contributed by atoms with van der Waals surface area (Å²) < 4.78 is 0. The van der Waals surface area contributed by atoms with E-state index in [1.54, 1.807) is 6.07 Å². The number of nitro groups is 1. The van der Waals surface area contributed by atoms with Gasteiger partial charge in [0.15, 0.2) is 0 Å². The Morgan fingerprint density at radius 3 is 3.05 bits per heavy atom. The van der Waals surface area contributed by atoms with Crippen molar-refractivity contribution in [2.45, 2.75) is 25.8 Å². The van der Waals surface area contributed by atoms with Crippen molar-refractivity contribution in [2.75, 3.05) is 5.32 Å². The Bertz CT molecular complexity index is 642. The van der Waals surface area contributed by atoms with Crippen LogP contribution < -0.4 is 5.32 Å². The minimum atomic E-state index is -0.436. The van der Waals surface area contributed by atoms with Crippen LogP contribution in [-0.4, -0.2) is 20.9 Å². The number of hydrogen-bond acceptors (Lipinski definition) is 4. The summed E-state index contributed by atoms with van der Waals surface area (Å²) in [6, 6.07) is 4.40. The molecule has 1 aromatic carbocycles.